The Bertz CT molecular complexity index is 139. The molecule has 6 nitrogen and oxygen atoms in total. The zero-order valence-electron chi connectivity index (χ0n) is 5.86. The Hall–Kier alpha value is -0.150. The van der Waals surface area contributed by atoms with Crippen molar-refractivity contribution in [2.45, 2.75) is 0 Å². The molecule has 0 amide bonds. The van der Waals surface area contributed by atoms with E-state index >= 15 is 0 Å². The number of piperazine rings is 1. The van der Waals surface area contributed by atoms with Gasteiger partial charge in [0.2, 0.25) is 0 Å². The van der Waals surface area contributed by atoms with Crippen molar-refractivity contribution in [1.29, 1.82) is 0 Å². The van der Waals surface area contributed by atoms with Gasteiger partial charge in [0.25, 0.3) is 0 Å². The fourth-order valence-corrected chi connectivity index (χ4v) is 2.16. The molecule has 11 heavy (non-hydrogen) atoms. The number of halogens is 1. The Morgan fingerprint density at radius 1 is 1.55 bits per heavy atom. The van der Waals surface area contributed by atoms with Gasteiger partial charge >= 0.3 is 74.9 Å². The zero-order chi connectivity index (χ0) is 8.10. The Morgan fingerprint density at radius 3 is 2.73 bits per heavy atom. The third-order valence-corrected chi connectivity index (χ3v) is 3.46. The number of nitrogens with one attached hydrogen (secondary N) is 1. The molecule has 0 aromatic rings. The van der Waals surface area contributed by atoms with Crippen LogP contribution in [-0.4, -0.2) is 34.4 Å². The van der Waals surface area contributed by atoms with Gasteiger partial charge < -0.3 is 0 Å². The Morgan fingerprint density at radius 2 is 2.18 bits per heavy atom. The third kappa shape index (κ3) is 3.68. The molecule has 1 aliphatic rings. The molecule has 0 bridgehead atoms. The molecule has 1 saturated heterocycles. The van der Waals surface area contributed by atoms with Crippen LogP contribution in [0.25, 0.3) is 0 Å². The maximum atomic E-state index is 9.82. The summed E-state index contributed by atoms with van der Waals surface area (Å²) in [5.74, 6) is 0. The van der Waals surface area contributed by atoms with Crippen LogP contribution >= 0.6 is 21.9 Å². The predicted octanol–water partition coefficient (Wildman–Crippen LogP) is -0.367. The summed E-state index contributed by atoms with van der Waals surface area (Å²) in [6, 6.07) is 0. The Labute approximate surface area is 75.2 Å². The average molecular weight is 275 g/mol. The van der Waals surface area contributed by atoms with Crippen LogP contribution in [-0.2, 0) is 3.17 Å². The minimum absolute atomic E-state index is 0.704. The molecule has 7 heteroatoms. The summed E-state index contributed by atoms with van der Waals surface area (Å²) in [6.45, 7) is 3.56. The first kappa shape index (κ1) is 8.94. The quantitative estimate of drug-likeness (QED) is 0.329. The molecule has 0 unspecified atom stereocenters. The average Bonchev–Trinajstić information content (AvgIpc) is 2.03. The van der Waals surface area contributed by atoms with E-state index in [1.54, 1.807) is 0 Å². The number of hydrogen-bond acceptors (Lipinski definition) is 5. The fraction of sp³-hybridized carbons (Fsp3) is 1.00. The van der Waals surface area contributed by atoms with Gasteiger partial charge in [-0.1, -0.05) is 0 Å². The molecule has 0 aromatic heterocycles. The maximum absolute atomic E-state index is 9.82. The van der Waals surface area contributed by atoms with E-state index in [9.17, 15) is 10.1 Å². The van der Waals surface area contributed by atoms with Crippen molar-refractivity contribution in [3.05, 3.63) is 10.1 Å². The van der Waals surface area contributed by atoms with Crippen LogP contribution in [0.5, 0.6) is 0 Å². The van der Waals surface area contributed by atoms with Gasteiger partial charge in [-0.3, -0.25) is 0 Å². The summed E-state index contributed by atoms with van der Waals surface area (Å²) < 4.78 is 6.35. The summed E-state index contributed by atoms with van der Waals surface area (Å²) in [5.41, 5.74) is 0. The van der Waals surface area contributed by atoms with E-state index in [1.165, 1.54) is 0 Å². The van der Waals surface area contributed by atoms with Gasteiger partial charge in [0.05, 0.1) is 0 Å². The Kier molecular flexibility index (Phi) is 3.80. The standard InChI is InChI=1S/C4H10IN3O3/c9-8(10)11-5-7-3-1-6-2-4-7/h5-6H,1-4H2. The van der Waals surface area contributed by atoms with Crippen LogP contribution in [0.2, 0.25) is 0 Å². The zero-order valence-corrected chi connectivity index (χ0v) is 8.19. The number of hydrogen-bond donors (Lipinski definition) is 1. The summed E-state index contributed by atoms with van der Waals surface area (Å²) in [4.78, 5) is 9.82. The van der Waals surface area contributed by atoms with Gasteiger partial charge in [-0.05, 0) is 0 Å². The summed E-state index contributed by atoms with van der Waals surface area (Å²) in [7, 11) is 0. The Balaban J connectivity index is 2.09. The van der Waals surface area contributed by atoms with E-state index < -0.39 is 27.0 Å². The molecule has 1 aliphatic heterocycles. The first-order valence-corrected chi connectivity index (χ1v) is 5.23. The molecule has 0 spiro atoms. The van der Waals surface area contributed by atoms with Crippen molar-refractivity contribution in [1.82, 2.24) is 8.43 Å². The molecular weight excluding hydrogens is 265 g/mol. The molecule has 0 saturated carbocycles. The molecule has 1 fully saturated rings. The molecule has 66 valence electrons. The topological polar surface area (TPSA) is 67.6 Å². The summed E-state index contributed by atoms with van der Waals surface area (Å²) >= 11 is -1.01. The molecule has 1 N–H and O–H groups in total. The first-order valence-electron chi connectivity index (χ1n) is 3.24. The van der Waals surface area contributed by atoms with Crippen molar-refractivity contribution in [3.63, 3.8) is 0 Å². The van der Waals surface area contributed by atoms with E-state index in [1.807, 2.05) is 3.11 Å². The summed E-state index contributed by atoms with van der Waals surface area (Å²) in [6.07, 6.45) is 0. The van der Waals surface area contributed by atoms with E-state index in [4.69, 9.17) is 0 Å². The number of nitrogens with zero attached hydrogens (tertiary/aromatic N) is 2. The van der Waals surface area contributed by atoms with Crippen LogP contribution in [0.1, 0.15) is 0 Å². The van der Waals surface area contributed by atoms with Gasteiger partial charge in [-0.25, -0.2) is 0 Å². The van der Waals surface area contributed by atoms with Gasteiger partial charge in [0, 0.05) is 0 Å². The van der Waals surface area contributed by atoms with E-state index in [2.05, 4.69) is 8.48 Å². The molecule has 1 heterocycles. The van der Waals surface area contributed by atoms with Crippen molar-refractivity contribution in [2.24, 2.45) is 0 Å². The van der Waals surface area contributed by atoms with Crippen LogP contribution in [0.15, 0.2) is 0 Å². The van der Waals surface area contributed by atoms with Crippen molar-refractivity contribution in [3.8, 4) is 0 Å². The normalized spacial score (nSPS) is 20.0. The van der Waals surface area contributed by atoms with Crippen molar-refractivity contribution in [2.75, 3.05) is 26.2 Å². The second kappa shape index (κ2) is 4.67. The van der Waals surface area contributed by atoms with Crippen LogP contribution in [0.3, 0.4) is 0 Å². The molecule has 0 radical (unpaired) electrons. The van der Waals surface area contributed by atoms with E-state index in [-0.39, 0.29) is 0 Å². The number of rotatable bonds is 3. The second-order valence-electron chi connectivity index (χ2n) is 2.05. The van der Waals surface area contributed by atoms with Gasteiger partial charge in [0.1, 0.15) is 0 Å². The van der Waals surface area contributed by atoms with Crippen LogP contribution in [0.4, 0.5) is 0 Å². The van der Waals surface area contributed by atoms with Gasteiger partial charge in [-0.15, -0.1) is 0 Å². The monoisotopic (exact) mass is 275 g/mol. The minimum atomic E-state index is -1.01. The SMILES string of the molecule is O=[N+]([O-])O[IH]N1CCNCC1. The molecular formula is C4H10IN3O3. The van der Waals surface area contributed by atoms with Crippen LogP contribution < -0.4 is 5.32 Å². The van der Waals surface area contributed by atoms with E-state index in [0.29, 0.717) is 0 Å². The predicted molar refractivity (Wildman–Crippen MR) is 47.9 cm³/mol. The van der Waals surface area contributed by atoms with E-state index in [0.717, 1.165) is 26.2 Å². The third-order valence-electron chi connectivity index (χ3n) is 1.28. The molecule has 0 atom stereocenters. The van der Waals surface area contributed by atoms with Crippen molar-refractivity contribution < 1.29 is 8.25 Å². The summed E-state index contributed by atoms with van der Waals surface area (Å²) in [5, 5.41) is 12.3. The van der Waals surface area contributed by atoms with Crippen LogP contribution in [0, 0.1) is 10.1 Å². The first-order chi connectivity index (χ1) is 5.29. The van der Waals surface area contributed by atoms with Crippen molar-refractivity contribution >= 4 is 21.9 Å². The molecule has 1 rings (SSSR count). The molecule has 0 aliphatic carbocycles. The fourth-order valence-electron chi connectivity index (χ4n) is 0.793. The molecule has 0 aromatic carbocycles. The van der Waals surface area contributed by atoms with Gasteiger partial charge in [-0.2, -0.15) is 0 Å². The second-order valence-corrected chi connectivity index (χ2v) is 4.38. The van der Waals surface area contributed by atoms with Gasteiger partial charge in [0.15, 0.2) is 0 Å².